The van der Waals surface area contributed by atoms with Crippen molar-refractivity contribution in [3.8, 4) is 0 Å². The Bertz CT molecular complexity index is 398. The normalized spacial score (nSPS) is 18.4. The van der Waals surface area contributed by atoms with Gasteiger partial charge in [-0.2, -0.15) is 0 Å². The van der Waals surface area contributed by atoms with E-state index < -0.39 is 0 Å². The highest BCUT2D eigenvalue weighted by molar-refractivity contribution is 5.51. The molecule has 0 spiro atoms. The summed E-state index contributed by atoms with van der Waals surface area (Å²) in [5.74, 6) is 0.900. The molecule has 0 radical (unpaired) electrons. The standard InChI is InChI=1S/C16H26N2/c1-4-18(15-7-5-6-13(2)10-15)16(3,12-17)11-14-8-9-14/h5-7,10,14H,4,8-9,11-12,17H2,1-3H3. The van der Waals surface area contributed by atoms with E-state index >= 15 is 0 Å². The third-order valence-corrected chi connectivity index (χ3v) is 4.15. The fourth-order valence-corrected chi connectivity index (χ4v) is 2.92. The van der Waals surface area contributed by atoms with Gasteiger partial charge in [0.25, 0.3) is 0 Å². The molecule has 1 aliphatic rings. The van der Waals surface area contributed by atoms with Crippen LogP contribution in [0, 0.1) is 12.8 Å². The van der Waals surface area contributed by atoms with Crippen LogP contribution < -0.4 is 10.6 Å². The molecule has 0 aliphatic heterocycles. The monoisotopic (exact) mass is 246 g/mol. The van der Waals surface area contributed by atoms with Gasteiger partial charge in [-0.15, -0.1) is 0 Å². The van der Waals surface area contributed by atoms with Gasteiger partial charge >= 0.3 is 0 Å². The molecule has 0 bridgehead atoms. The zero-order chi connectivity index (χ0) is 13.2. The van der Waals surface area contributed by atoms with E-state index in [2.05, 4.69) is 49.9 Å². The summed E-state index contributed by atoms with van der Waals surface area (Å²) in [4.78, 5) is 2.48. The van der Waals surface area contributed by atoms with Crippen LogP contribution in [-0.2, 0) is 0 Å². The van der Waals surface area contributed by atoms with Gasteiger partial charge in [0.15, 0.2) is 0 Å². The molecule has 2 rings (SSSR count). The highest BCUT2D eigenvalue weighted by atomic mass is 15.2. The molecule has 0 saturated heterocycles. The molecular formula is C16H26N2. The minimum absolute atomic E-state index is 0.101. The van der Waals surface area contributed by atoms with Crippen LogP contribution in [0.1, 0.15) is 38.7 Å². The highest BCUT2D eigenvalue weighted by Gasteiger charge is 2.36. The highest BCUT2D eigenvalue weighted by Crippen LogP contribution is 2.39. The van der Waals surface area contributed by atoms with E-state index in [0.717, 1.165) is 19.0 Å². The van der Waals surface area contributed by atoms with E-state index in [0.29, 0.717) is 0 Å². The van der Waals surface area contributed by atoms with Crippen molar-refractivity contribution in [1.29, 1.82) is 0 Å². The number of anilines is 1. The van der Waals surface area contributed by atoms with Crippen molar-refractivity contribution in [2.24, 2.45) is 11.7 Å². The molecule has 18 heavy (non-hydrogen) atoms. The first-order chi connectivity index (χ1) is 8.59. The largest absolute Gasteiger partial charge is 0.365 e. The lowest BCUT2D eigenvalue weighted by Gasteiger charge is -2.42. The fourth-order valence-electron chi connectivity index (χ4n) is 2.92. The van der Waals surface area contributed by atoms with E-state index in [-0.39, 0.29) is 5.54 Å². The number of hydrogen-bond acceptors (Lipinski definition) is 2. The minimum atomic E-state index is 0.101. The van der Waals surface area contributed by atoms with E-state index in [1.54, 1.807) is 0 Å². The molecule has 100 valence electrons. The SMILES string of the molecule is CCN(c1cccc(C)c1)C(C)(CN)CC1CC1. The van der Waals surface area contributed by atoms with Crippen molar-refractivity contribution < 1.29 is 0 Å². The van der Waals surface area contributed by atoms with Crippen LogP contribution in [0.25, 0.3) is 0 Å². The second-order valence-electron chi connectivity index (χ2n) is 5.93. The molecule has 1 aromatic rings. The van der Waals surface area contributed by atoms with Crippen LogP contribution in [0.2, 0.25) is 0 Å². The minimum Gasteiger partial charge on any atom is -0.365 e. The summed E-state index contributed by atoms with van der Waals surface area (Å²) < 4.78 is 0. The first-order valence-electron chi connectivity index (χ1n) is 7.13. The van der Waals surface area contributed by atoms with Crippen LogP contribution in [0.3, 0.4) is 0 Å². The first kappa shape index (κ1) is 13.4. The van der Waals surface area contributed by atoms with E-state index in [1.807, 2.05) is 0 Å². The van der Waals surface area contributed by atoms with Gasteiger partial charge in [0.1, 0.15) is 0 Å². The predicted octanol–water partition coefficient (Wildman–Crippen LogP) is 3.34. The van der Waals surface area contributed by atoms with Gasteiger partial charge in [0.05, 0.1) is 0 Å². The van der Waals surface area contributed by atoms with Gasteiger partial charge in [-0.05, 0) is 50.8 Å². The van der Waals surface area contributed by atoms with Crippen molar-refractivity contribution in [3.63, 3.8) is 0 Å². The second kappa shape index (κ2) is 5.31. The molecule has 1 aliphatic carbocycles. The Hall–Kier alpha value is -1.02. The number of nitrogens with zero attached hydrogens (tertiary/aromatic N) is 1. The Morgan fingerprint density at radius 1 is 1.39 bits per heavy atom. The zero-order valence-electron chi connectivity index (χ0n) is 11.9. The van der Waals surface area contributed by atoms with Gasteiger partial charge in [-0.25, -0.2) is 0 Å². The summed E-state index contributed by atoms with van der Waals surface area (Å²) in [5, 5.41) is 0. The fraction of sp³-hybridized carbons (Fsp3) is 0.625. The summed E-state index contributed by atoms with van der Waals surface area (Å²) in [7, 11) is 0. The van der Waals surface area contributed by atoms with Crippen LogP contribution in [0.5, 0.6) is 0 Å². The van der Waals surface area contributed by atoms with Crippen molar-refractivity contribution in [2.75, 3.05) is 18.0 Å². The van der Waals surface area contributed by atoms with E-state index in [9.17, 15) is 0 Å². The molecular weight excluding hydrogens is 220 g/mol. The van der Waals surface area contributed by atoms with Gasteiger partial charge in [-0.3, -0.25) is 0 Å². The number of hydrogen-bond donors (Lipinski definition) is 1. The van der Waals surface area contributed by atoms with Gasteiger partial charge in [-0.1, -0.05) is 25.0 Å². The van der Waals surface area contributed by atoms with Crippen molar-refractivity contribution in [1.82, 2.24) is 0 Å². The van der Waals surface area contributed by atoms with Crippen molar-refractivity contribution in [2.45, 2.75) is 45.6 Å². The summed E-state index contributed by atoms with van der Waals surface area (Å²) in [5.41, 5.74) is 8.82. The predicted molar refractivity (Wildman–Crippen MR) is 79.0 cm³/mol. The molecule has 0 aromatic heterocycles. The lowest BCUT2D eigenvalue weighted by atomic mass is 9.91. The lowest BCUT2D eigenvalue weighted by Crippen LogP contribution is -2.52. The van der Waals surface area contributed by atoms with Crippen molar-refractivity contribution in [3.05, 3.63) is 29.8 Å². The summed E-state index contributed by atoms with van der Waals surface area (Å²) in [6, 6.07) is 8.76. The zero-order valence-corrected chi connectivity index (χ0v) is 11.9. The van der Waals surface area contributed by atoms with Crippen LogP contribution >= 0.6 is 0 Å². The van der Waals surface area contributed by atoms with E-state index in [4.69, 9.17) is 5.73 Å². The molecule has 2 N–H and O–H groups in total. The number of benzene rings is 1. The Morgan fingerprint density at radius 3 is 2.61 bits per heavy atom. The molecule has 2 nitrogen and oxygen atoms in total. The average Bonchev–Trinajstić information content (AvgIpc) is 3.14. The van der Waals surface area contributed by atoms with Gasteiger partial charge in [0, 0.05) is 24.3 Å². The number of aryl methyl sites for hydroxylation is 1. The topological polar surface area (TPSA) is 29.3 Å². The maximum atomic E-state index is 6.09. The Kier molecular flexibility index (Phi) is 3.96. The first-order valence-corrected chi connectivity index (χ1v) is 7.13. The summed E-state index contributed by atoms with van der Waals surface area (Å²) >= 11 is 0. The third-order valence-electron chi connectivity index (χ3n) is 4.15. The third kappa shape index (κ3) is 2.86. The summed E-state index contributed by atoms with van der Waals surface area (Å²) in [6.45, 7) is 8.44. The van der Waals surface area contributed by atoms with E-state index in [1.165, 1.54) is 30.5 Å². The smallest absolute Gasteiger partial charge is 0.0498 e. The van der Waals surface area contributed by atoms with Crippen LogP contribution in [0.4, 0.5) is 5.69 Å². The molecule has 1 aromatic carbocycles. The average molecular weight is 246 g/mol. The molecule has 0 amide bonds. The number of rotatable bonds is 6. The van der Waals surface area contributed by atoms with Gasteiger partial charge < -0.3 is 10.6 Å². The van der Waals surface area contributed by atoms with Gasteiger partial charge in [0.2, 0.25) is 0 Å². The molecule has 1 saturated carbocycles. The Balaban J connectivity index is 2.24. The maximum Gasteiger partial charge on any atom is 0.0498 e. The van der Waals surface area contributed by atoms with Crippen molar-refractivity contribution >= 4 is 5.69 Å². The molecule has 1 unspecified atom stereocenters. The molecule has 1 fully saturated rings. The Morgan fingerprint density at radius 2 is 2.11 bits per heavy atom. The lowest BCUT2D eigenvalue weighted by molar-refractivity contribution is 0.383. The number of nitrogens with two attached hydrogens (primary N) is 1. The van der Waals surface area contributed by atoms with Crippen LogP contribution in [-0.4, -0.2) is 18.6 Å². The number of likely N-dealkylation sites (N-methyl/N-ethyl adjacent to an activating group) is 1. The molecule has 2 heteroatoms. The quantitative estimate of drug-likeness (QED) is 0.834. The maximum absolute atomic E-state index is 6.09. The Labute approximate surface area is 111 Å². The van der Waals surface area contributed by atoms with Crippen LogP contribution in [0.15, 0.2) is 24.3 Å². The summed E-state index contributed by atoms with van der Waals surface area (Å²) in [6.07, 6.45) is 4.01. The second-order valence-corrected chi connectivity index (χ2v) is 5.93. The molecule has 1 atom stereocenters. The molecule has 0 heterocycles.